The molecule has 1 aliphatic carbocycles. The number of nitrogens with two attached hydrogens (primary N) is 1. The standard InChI is InChI=1S/C29H29NO8/c1-3-10-35-18-6-7-19-21(12-18)27(20-8-5-17(34-2)13-23(20)36-14-25(30)31)28(29(32)33)26(19)16-4-9-22-24(11-16)38-15-37-22/h4-9,11-13,26-28H,3,10,14-15H2,1-2H3,(H2,30,31)(H,32,33). The summed E-state index contributed by atoms with van der Waals surface area (Å²) in [4.78, 5) is 24.5. The maximum atomic E-state index is 13.0. The molecule has 0 spiro atoms. The van der Waals surface area contributed by atoms with Gasteiger partial charge in [-0.15, -0.1) is 0 Å². The van der Waals surface area contributed by atoms with Crippen molar-refractivity contribution in [1.82, 2.24) is 0 Å². The van der Waals surface area contributed by atoms with E-state index in [9.17, 15) is 14.7 Å². The first kappa shape index (κ1) is 25.3. The van der Waals surface area contributed by atoms with Crippen LogP contribution in [0, 0.1) is 5.92 Å². The molecule has 0 saturated carbocycles. The van der Waals surface area contributed by atoms with E-state index in [1.807, 2.05) is 37.3 Å². The SMILES string of the molecule is CCCOc1ccc2c(c1)C(c1ccc(OC)cc1OCC(N)=O)C(C(=O)O)C2c1ccc2c(c1)OCO2. The van der Waals surface area contributed by atoms with Gasteiger partial charge in [-0.25, -0.2) is 0 Å². The monoisotopic (exact) mass is 519 g/mol. The van der Waals surface area contributed by atoms with Gasteiger partial charge in [0.25, 0.3) is 5.91 Å². The Balaban J connectivity index is 1.69. The van der Waals surface area contributed by atoms with Crippen LogP contribution in [-0.4, -0.2) is 44.1 Å². The summed E-state index contributed by atoms with van der Waals surface area (Å²) in [5, 5.41) is 10.6. The van der Waals surface area contributed by atoms with E-state index in [1.165, 1.54) is 7.11 Å². The van der Waals surface area contributed by atoms with E-state index in [4.69, 9.17) is 29.4 Å². The quantitative estimate of drug-likeness (QED) is 0.411. The van der Waals surface area contributed by atoms with Gasteiger partial charge in [0.2, 0.25) is 6.79 Å². The second-order valence-corrected chi connectivity index (χ2v) is 9.23. The van der Waals surface area contributed by atoms with Crippen LogP contribution in [0.2, 0.25) is 0 Å². The molecule has 1 aliphatic heterocycles. The smallest absolute Gasteiger partial charge is 0.308 e. The number of ether oxygens (including phenoxy) is 5. The molecule has 9 nitrogen and oxygen atoms in total. The lowest BCUT2D eigenvalue weighted by Crippen LogP contribution is -2.25. The van der Waals surface area contributed by atoms with Gasteiger partial charge >= 0.3 is 5.97 Å². The minimum absolute atomic E-state index is 0.121. The van der Waals surface area contributed by atoms with E-state index >= 15 is 0 Å². The van der Waals surface area contributed by atoms with Crippen molar-refractivity contribution in [3.05, 3.63) is 76.9 Å². The summed E-state index contributed by atoms with van der Waals surface area (Å²) in [6, 6.07) is 16.4. The third-order valence-corrected chi connectivity index (χ3v) is 6.89. The van der Waals surface area contributed by atoms with Crippen molar-refractivity contribution in [2.24, 2.45) is 11.7 Å². The van der Waals surface area contributed by atoms with Gasteiger partial charge in [-0.3, -0.25) is 9.59 Å². The molecule has 198 valence electrons. The molecule has 3 aromatic carbocycles. The van der Waals surface area contributed by atoms with E-state index in [-0.39, 0.29) is 13.4 Å². The van der Waals surface area contributed by atoms with Crippen LogP contribution in [0.25, 0.3) is 0 Å². The Morgan fingerprint density at radius 3 is 2.42 bits per heavy atom. The van der Waals surface area contributed by atoms with Gasteiger partial charge < -0.3 is 34.5 Å². The number of rotatable bonds is 10. The largest absolute Gasteiger partial charge is 0.497 e. The van der Waals surface area contributed by atoms with E-state index in [1.54, 1.807) is 24.3 Å². The van der Waals surface area contributed by atoms with Crippen LogP contribution in [0.4, 0.5) is 0 Å². The first-order valence-corrected chi connectivity index (χ1v) is 12.4. The maximum absolute atomic E-state index is 13.0. The molecule has 3 N–H and O–H groups in total. The average Bonchev–Trinajstić information content (AvgIpc) is 3.52. The van der Waals surface area contributed by atoms with E-state index < -0.39 is 29.6 Å². The predicted molar refractivity (Wildman–Crippen MR) is 137 cm³/mol. The number of carboxylic acids is 1. The summed E-state index contributed by atoms with van der Waals surface area (Å²) in [5.74, 6) is -0.927. The lowest BCUT2D eigenvalue weighted by molar-refractivity contribution is -0.142. The summed E-state index contributed by atoms with van der Waals surface area (Å²) in [7, 11) is 1.52. The topological polar surface area (TPSA) is 127 Å². The highest BCUT2D eigenvalue weighted by Gasteiger charge is 2.48. The van der Waals surface area contributed by atoms with Crippen molar-refractivity contribution in [2.45, 2.75) is 25.2 Å². The Kier molecular flexibility index (Phi) is 7.00. The molecule has 38 heavy (non-hydrogen) atoms. The van der Waals surface area contributed by atoms with E-state index in [0.29, 0.717) is 40.9 Å². The molecule has 1 amide bonds. The number of amides is 1. The summed E-state index contributed by atoms with van der Waals surface area (Å²) < 4.78 is 28.1. The van der Waals surface area contributed by atoms with Crippen molar-refractivity contribution in [1.29, 1.82) is 0 Å². The Labute approximate surface area is 220 Å². The number of aliphatic carboxylic acids is 1. The van der Waals surface area contributed by atoms with Crippen molar-refractivity contribution < 1.29 is 38.4 Å². The van der Waals surface area contributed by atoms with Gasteiger partial charge in [0.05, 0.1) is 19.6 Å². The van der Waals surface area contributed by atoms with Crippen LogP contribution >= 0.6 is 0 Å². The molecule has 2 aliphatic rings. The molecule has 9 heteroatoms. The molecule has 0 saturated heterocycles. The molecule has 0 fully saturated rings. The summed E-state index contributed by atoms with van der Waals surface area (Å²) in [6.07, 6.45) is 0.835. The van der Waals surface area contributed by atoms with Gasteiger partial charge in [-0.05, 0) is 53.4 Å². The molecule has 1 heterocycles. The third-order valence-electron chi connectivity index (χ3n) is 6.89. The second-order valence-electron chi connectivity index (χ2n) is 9.23. The Morgan fingerprint density at radius 2 is 1.68 bits per heavy atom. The van der Waals surface area contributed by atoms with Gasteiger partial charge in [-0.2, -0.15) is 0 Å². The number of carbonyl (C=O) groups excluding carboxylic acids is 1. The highest BCUT2D eigenvalue weighted by molar-refractivity contribution is 5.79. The number of carbonyl (C=O) groups is 2. The first-order chi connectivity index (χ1) is 18.4. The molecule has 0 aromatic heterocycles. The zero-order valence-electron chi connectivity index (χ0n) is 21.1. The van der Waals surface area contributed by atoms with Crippen molar-refractivity contribution in [3.63, 3.8) is 0 Å². The zero-order chi connectivity index (χ0) is 26.8. The predicted octanol–water partition coefficient (Wildman–Crippen LogP) is 4.06. The van der Waals surface area contributed by atoms with Crippen LogP contribution in [0.1, 0.15) is 47.4 Å². The van der Waals surface area contributed by atoms with Crippen LogP contribution in [0.15, 0.2) is 54.6 Å². The average molecular weight is 520 g/mol. The molecular formula is C29H29NO8. The number of methoxy groups -OCH3 is 1. The van der Waals surface area contributed by atoms with Crippen LogP contribution in [-0.2, 0) is 9.59 Å². The molecule has 5 rings (SSSR count). The molecule has 3 unspecified atom stereocenters. The van der Waals surface area contributed by atoms with Gasteiger partial charge in [0.1, 0.15) is 17.2 Å². The van der Waals surface area contributed by atoms with Gasteiger partial charge in [-0.1, -0.05) is 25.1 Å². The summed E-state index contributed by atoms with van der Waals surface area (Å²) >= 11 is 0. The fraction of sp³-hybridized carbons (Fsp3) is 0.310. The van der Waals surface area contributed by atoms with Crippen molar-refractivity contribution in [2.75, 3.05) is 27.1 Å². The fourth-order valence-electron chi connectivity index (χ4n) is 5.31. The summed E-state index contributed by atoms with van der Waals surface area (Å²) in [5.41, 5.74) is 8.42. The maximum Gasteiger partial charge on any atom is 0.308 e. The molecular weight excluding hydrogens is 490 g/mol. The molecule has 3 aromatic rings. The van der Waals surface area contributed by atoms with Crippen molar-refractivity contribution in [3.8, 4) is 28.7 Å². The fourth-order valence-corrected chi connectivity index (χ4v) is 5.31. The van der Waals surface area contributed by atoms with Crippen LogP contribution in [0.3, 0.4) is 0 Å². The minimum atomic E-state index is -0.971. The number of carboxylic acid groups (broad SMARTS) is 1. The summed E-state index contributed by atoms with van der Waals surface area (Å²) in [6.45, 7) is 2.32. The Morgan fingerprint density at radius 1 is 0.921 bits per heavy atom. The van der Waals surface area contributed by atoms with Gasteiger partial charge in [0, 0.05) is 23.5 Å². The lowest BCUT2D eigenvalue weighted by Gasteiger charge is -2.24. The number of fused-ring (bicyclic) bond motifs is 2. The second kappa shape index (κ2) is 10.5. The van der Waals surface area contributed by atoms with Crippen LogP contribution in [0.5, 0.6) is 28.7 Å². The Hall–Kier alpha value is -4.40. The normalized spacial score (nSPS) is 19.1. The molecule has 3 atom stereocenters. The number of hydrogen-bond acceptors (Lipinski definition) is 7. The lowest BCUT2D eigenvalue weighted by atomic mass is 9.79. The molecule has 0 radical (unpaired) electrons. The third kappa shape index (κ3) is 4.67. The van der Waals surface area contributed by atoms with E-state index in [0.717, 1.165) is 23.1 Å². The number of hydrogen-bond donors (Lipinski definition) is 2. The number of benzene rings is 3. The highest BCUT2D eigenvalue weighted by Crippen LogP contribution is 2.56. The minimum Gasteiger partial charge on any atom is -0.497 e. The van der Waals surface area contributed by atoms with Gasteiger partial charge in [0.15, 0.2) is 18.1 Å². The van der Waals surface area contributed by atoms with Crippen molar-refractivity contribution >= 4 is 11.9 Å². The zero-order valence-corrected chi connectivity index (χ0v) is 21.1. The highest BCUT2D eigenvalue weighted by atomic mass is 16.7. The van der Waals surface area contributed by atoms with Crippen LogP contribution < -0.4 is 29.4 Å². The molecule has 0 bridgehead atoms. The van der Waals surface area contributed by atoms with E-state index in [2.05, 4.69) is 0 Å². The number of primary amides is 1. The Bertz CT molecular complexity index is 1370. The first-order valence-electron chi connectivity index (χ1n) is 12.4.